The summed E-state index contributed by atoms with van der Waals surface area (Å²) < 4.78 is 0. The minimum atomic E-state index is -1.14. The number of nitrogens with one attached hydrogen (secondary N) is 1. The number of para-hydroxylation sites is 1. The van der Waals surface area contributed by atoms with Crippen molar-refractivity contribution in [2.24, 2.45) is 11.0 Å². The van der Waals surface area contributed by atoms with Crippen molar-refractivity contribution in [1.29, 1.82) is 0 Å². The van der Waals surface area contributed by atoms with Crippen molar-refractivity contribution in [2.75, 3.05) is 5.01 Å². The molecule has 1 aromatic heterocycles. The Morgan fingerprint density at radius 3 is 2.73 bits per heavy atom. The molecule has 1 amide bonds. The number of hydrazone groups is 1. The highest BCUT2D eigenvalue weighted by atomic mass is 32.2. The highest BCUT2D eigenvalue weighted by molar-refractivity contribution is 8.03. The molecule has 1 aliphatic rings. The van der Waals surface area contributed by atoms with Gasteiger partial charge in [-0.2, -0.15) is 10.1 Å². The van der Waals surface area contributed by atoms with Gasteiger partial charge < -0.3 is 5.11 Å². The number of carbonyl (C=O) groups is 2. The number of aromatic nitrogens is 3. The smallest absolute Gasteiger partial charge is 0.342 e. The monoisotopic (exact) mass is 371 g/mol. The van der Waals surface area contributed by atoms with Crippen LogP contribution >= 0.6 is 11.8 Å². The second-order valence-electron chi connectivity index (χ2n) is 5.56. The fourth-order valence-corrected chi connectivity index (χ4v) is 3.14. The van der Waals surface area contributed by atoms with Gasteiger partial charge in [-0.3, -0.25) is 9.89 Å². The van der Waals surface area contributed by atoms with Crippen LogP contribution < -0.4 is 5.01 Å². The Balaban J connectivity index is 1.85. The Morgan fingerprint density at radius 2 is 2.12 bits per heavy atom. The molecule has 0 saturated heterocycles. The number of carboxylic acid groups (broad SMARTS) is 1. The number of nitrogens with zero attached hydrogens (tertiary/aromatic N) is 4. The van der Waals surface area contributed by atoms with Gasteiger partial charge in [-0.05, 0) is 36.9 Å². The van der Waals surface area contributed by atoms with E-state index in [1.807, 2.05) is 25.1 Å². The fourth-order valence-electron chi connectivity index (χ4n) is 2.41. The zero-order valence-electron chi connectivity index (χ0n) is 14.2. The molecule has 134 valence electrons. The molecule has 0 fully saturated rings. The zero-order chi connectivity index (χ0) is 18.7. The normalized spacial score (nSPS) is 17.5. The van der Waals surface area contributed by atoms with Gasteiger partial charge in [-0.15, -0.1) is 5.10 Å². The molecule has 0 unspecified atom stereocenters. The Hall–Kier alpha value is -2.94. The van der Waals surface area contributed by atoms with Crippen molar-refractivity contribution in [2.45, 2.75) is 25.4 Å². The Labute approximate surface area is 154 Å². The van der Waals surface area contributed by atoms with Crippen molar-refractivity contribution in [3.05, 3.63) is 47.1 Å². The number of aromatic amines is 1. The van der Waals surface area contributed by atoms with Crippen molar-refractivity contribution >= 4 is 35.0 Å². The lowest BCUT2D eigenvalue weighted by Gasteiger charge is -2.12. The number of H-pyrrole nitrogens is 1. The van der Waals surface area contributed by atoms with Crippen LogP contribution in [0.15, 0.2) is 51.6 Å². The third-order valence-corrected chi connectivity index (χ3v) is 4.66. The first-order valence-corrected chi connectivity index (χ1v) is 8.79. The third kappa shape index (κ3) is 3.67. The zero-order valence-corrected chi connectivity index (χ0v) is 15.0. The van der Waals surface area contributed by atoms with Gasteiger partial charge in [0.15, 0.2) is 0 Å². The number of benzene rings is 1. The molecule has 0 spiro atoms. The number of hydrogen-bond donors (Lipinski definition) is 2. The summed E-state index contributed by atoms with van der Waals surface area (Å²) >= 11 is 0.903. The largest absolute Gasteiger partial charge is 0.477 e. The van der Waals surface area contributed by atoms with Crippen LogP contribution in [0.3, 0.4) is 0 Å². The lowest BCUT2D eigenvalue weighted by molar-refractivity contribution is -0.131. The first-order chi connectivity index (χ1) is 12.5. The summed E-state index contributed by atoms with van der Waals surface area (Å²) in [5, 5.41) is 22.1. The summed E-state index contributed by atoms with van der Waals surface area (Å²) in [7, 11) is 0. The molecule has 2 N–H and O–H groups in total. The first-order valence-electron chi connectivity index (χ1n) is 7.98. The average molecular weight is 371 g/mol. The molecule has 3 rings (SSSR count). The number of carbonyl (C=O) groups excluding carboxylic acids is 1. The molecule has 2 aromatic rings. The second kappa shape index (κ2) is 7.52. The topological polar surface area (TPSA) is 112 Å². The van der Waals surface area contributed by atoms with Crippen LogP contribution in [-0.2, 0) is 16.0 Å². The summed E-state index contributed by atoms with van der Waals surface area (Å²) in [6, 6.07) is 9.01. The van der Waals surface area contributed by atoms with E-state index in [-0.39, 0.29) is 10.8 Å². The van der Waals surface area contributed by atoms with Crippen LogP contribution in [-0.4, -0.2) is 37.9 Å². The highest BCUT2D eigenvalue weighted by Gasteiger charge is 2.34. The third-order valence-electron chi connectivity index (χ3n) is 3.76. The van der Waals surface area contributed by atoms with E-state index in [1.54, 1.807) is 19.1 Å². The number of aryl methyl sites for hydroxylation is 1. The number of aliphatic carboxylic acids is 1. The molecule has 1 aromatic carbocycles. The lowest BCUT2D eigenvalue weighted by atomic mass is 10.0. The summed E-state index contributed by atoms with van der Waals surface area (Å²) in [6.45, 7) is 3.62. The van der Waals surface area contributed by atoms with E-state index >= 15 is 0 Å². The fraction of sp³-hybridized carbons (Fsp3) is 0.235. The van der Waals surface area contributed by atoms with Gasteiger partial charge in [-0.1, -0.05) is 25.1 Å². The summed E-state index contributed by atoms with van der Waals surface area (Å²) in [4.78, 5) is 28.5. The maximum atomic E-state index is 12.7. The Morgan fingerprint density at radius 1 is 1.38 bits per heavy atom. The molecular formula is C17H17N5O3S. The van der Waals surface area contributed by atoms with Crippen molar-refractivity contribution in [3.63, 3.8) is 0 Å². The number of amides is 1. The van der Waals surface area contributed by atoms with E-state index in [2.05, 4.69) is 20.3 Å². The van der Waals surface area contributed by atoms with Crippen LogP contribution in [0.25, 0.3) is 0 Å². The highest BCUT2D eigenvalue weighted by Crippen LogP contribution is 2.29. The Kier molecular flexibility index (Phi) is 5.17. The number of rotatable bonds is 6. The molecule has 2 heterocycles. The quantitative estimate of drug-likeness (QED) is 0.596. The van der Waals surface area contributed by atoms with Crippen LogP contribution in [0.5, 0.6) is 0 Å². The molecule has 0 saturated carbocycles. The van der Waals surface area contributed by atoms with Gasteiger partial charge in [0.2, 0.25) is 5.16 Å². The number of hydrogen-bond acceptors (Lipinski definition) is 6. The van der Waals surface area contributed by atoms with Gasteiger partial charge >= 0.3 is 5.97 Å². The van der Waals surface area contributed by atoms with Crippen molar-refractivity contribution in [1.82, 2.24) is 15.2 Å². The van der Waals surface area contributed by atoms with Gasteiger partial charge in [0.1, 0.15) is 5.82 Å². The molecule has 1 aliphatic heterocycles. The molecule has 0 radical (unpaired) electrons. The predicted molar refractivity (Wildman–Crippen MR) is 97.9 cm³/mol. The van der Waals surface area contributed by atoms with Gasteiger partial charge in [0.25, 0.3) is 5.91 Å². The molecular weight excluding hydrogens is 354 g/mol. The minimum Gasteiger partial charge on any atom is -0.477 e. The molecule has 26 heavy (non-hydrogen) atoms. The summed E-state index contributed by atoms with van der Waals surface area (Å²) in [5.74, 6) is -1.51. The molecule has 1 atom stereocenters. The Bertz CT molecular complexity index is 891. The van der Waals surface area contributed by atoms with Gasteiger partial charge in [0.05, 0.1) is 22.2 Å². The van der Waals surface area contributed by atoms with E-state index in [0.29, 0.717) is 28.8 Å². The van der Waals surface area contributed by atoms with Crippen LogP contribution in [0.2, 0.25) is 0 Å². The van der Waals surface area contributed by atoms with Crippen LogP contribution in [0, 0.1) is 5.92 Å². The lowest BCUT2D eigenvalue weighted by Crippen LogP contribution is -2.26. The van der Waals surface area contributed by atoms with Crippen LogP contribution in [0.1, 0.15) is 19.7 Å². The molecule has 9 heteroatoms. The van der Waals surface area contributed by atoms with Crippen LogP contribution in [0.4, 0.5) is 5.69 Å². The molecule has 0 bridgehead atoms. The number of carboxylic acids is 1. The summed E-state index contributed by atoms with van der Waals surface area (Å²) in [6.07, 6.45) is 2.07. The maximum absolute atomic E-state index is 12.7. The van der Waals surface area contributed by atoms with Crippen molar-refractivity contribution in [3.8, 4) is 0 Å². The predicted octanol–water partition coefficient (Wildman–Crippen LogP) is 2.47. The van der Waals surface area contributed by atoms with Gasteiger partial charge in [0, 0.05) is 6.42 Å². The standard InChI is InChI=1S/C17H17N5O3S/c1-3-14-18-17(20-19-14)26-13(16(24)25)9-12-10(2)21-22(15(12)23)11-7-5-4-6-8-11/h4-9,12H,3H2,1-2H3,(H,24,25)(H,18,19,20)/b13-9+/t12-/m1/s1. The van der Waals surface area contributed by atoms with E-state index in [1.165, 1.54) is 11.1 Å². The average Bonchev–Trinajstić information content (AvgIpc) is 3.20. The van der Waals surface area contributed by atoms with E-state index in [0.717, 1.165) is 11.8 Å². The number of thioether (sulfide) groups is 1. The van der Waals surface area contributed by atoms with E-state index in [4.69, 9.17) is 0 Å². The van der Waals surface area contributed by atoms with E-state index < -0.39 is 11.9 Å². The molecule has 8 nitrogen and oxygen atoms in total. The SMILES string of the molecule is CCc1nc(S/C(=C/[C@H]2C(=O)N(c3ccccc3)N=C2C)C(=O)O)n[nH]1. The van der Waals surface area contributed by atoms with Gasteiger partial charge in [-0.25, -0.2) is 9.78 Å². The first kappa shape index (κ1) is 17.9. The summed E-state index contributed by atoms with van der Waals surface area (Å²) in [5.41, 5.74) is 1.17. The number of anilines is 1. The minimum absolute atomic E-state index is 0.0190. The van der Waals surface area contributed by atoms with E-state index in [9.17, 15) is 14.7 Å². The van der Waals surface area contributed by atoms with Crippen molar-refractivity contribution < 1.29 is 14.7 Å². The maximum Gasteiger partial charge on any atom is 0.342 e. The second-order valence-corrected chi connectivity index (χ2v) is 6.57. The molecule has 0 aliphatic carbocycles.